The van der Waals surface area contributed by atoms with E-state index in [0.29, 0.717) is 6.54 Å². The molecule has 0 aromatic heterocycles. The molecule has 0 heterocycles. The first kappa shape index (κ1) is 10.4. The Morgan fingerprint density at radius 2 is 2.00 bits per heavy atom. The molecule has 0 saturated heterocycles. The molecule has 0 aromatic rings. The Kier molecular flexibility index (Phi) is 4.04. The second-order valence-electron chi connectivity index (χ2n) is 2.76. The van der Waals surface area contributed by atoms with Gasteiger partial charge in [0.2, 0.25) is 0 Å². The topological polar surface area (TPSA) is 43.1 Å². The minimum atomic E-state index is -0.345. The van der Waals surface area contributed by atoms with Gasteiger partial charge in [-0.05, 0) is 18.9 Å². The van der Waals surface area contributed by atoms with E-state index >= 15 is 0 Å². The highest BCUT2D eigenvalue weighted by molar-refractivity contribution is 5.94. The van der Waals surface area contributed by atoms with Gasteiger partial charge in [0.15, 0.2) is 5.78 Å². The van der Waals surface area contributed by atoms with Crippen LogP contribution in [-0.4, -0.2) is 12.3 Å². The van der Waals surface area contributed by atoms with E-state index in [0.717, 1.165) is 12.8 Å². The Balaban J connectivity index is 4.52. The largest absolute Gasteiger partial charge is 0.329 e. The van der Waals surface area contributed by atoms with Crippen molar-refractivity contribution in [3.05, 3.63) is 12.7 Å². The van der Waals surface area contributed by atoms with Gasteiger partial charge in [-0.25, -0.2) is 0 Å². The van der Waals surface area contributed by atoms with Crippen molar-refractivity contribution in [2.24, 2.45) is 11.1 Å². The number of ketones is 1. The summed E-state index contributed by atoms with van der Waals surface area (Å²) in [4.78, 5) is 11.3. The van der Waals surface area contributed by atoms with E-state index in [2.05, 4.69) is 6.58 Å². The molecular formula is C9H17NO. The van der Waals surface area contributed by atoms with Gasteiger partial charge in [0.1, 0.15) is 0 Å². The molecule has 0 fully saturated rings. The minimum absolute atomic E-state index is 0.0741. The summed E-state index contributed by atoms with van der Waals surface area (Å²) in [5, 5.41) is 0. The normalized spacial score (nSPS) is 11.2. The lowest BCUT2D eigenvalue weighted by Crippen LogP contribution is -2.36. The smallest absolute Gasteiger partial charge is 0.162 e. The molecule has 0 atom stereocenters. The maximum Gasteiger partial charge on any atom is 0.162 e. The van der Waals surface area contributed by atoms with Crippen LogP contribution in [0.25, 0.3) is 0 Å². The molecule has 0 radical (unpaired) electrons. The van der Waals surface area contributed by atoms with Crippen LogP contribution in [0.3, 0.4) is 0 Å². The van der Waals surface area contributed by atoms with Gasteiger partial charge in [0, 0.05) is 12.0 Å². The third-order valence-electron chi connectivity index (χ3n) is 2.45. The Labute approximate surface area is 68.5 Å². The van der Waals surface area contributed by atoms with Crippen LogP contribution in [0.2, 0.25) is 0 Å². The first-order chi connectivity index (χ1) is 5.16. The third kappa shape index (κ3) is 1.90. The molecule has 0 saturated carbocycles. The summed E-state index contributed by atoms with van der Waals surface area (Å²) in [5.41, 5.74) is 5.19. The van der Waals surface area contributed by atoms with Gasteiger partial charge in [-0.1, -0.05) is 20.4 Å². The molecule has 0 aliphatic heterocycles. The predicted molar refractivity (Wildman–Crippen MR) is 47.3 cm³/mol. The second kappa shape index (κ2) is 4.29. The molecule has 11 heavy (non-hydrogen) atoms. The van der Waals surface area contributed by atoms with Crippen LogP contribution < -0.4 is 5.73 Å². The van der Waals surface area contributed by atoms with Crippen molar-refractivity contribution < 1.29 is 4.79 Å². The van der Waals surface area contributed by atoms with Gasteiger partial charge in [-0.3, -0.25) is 4.79 Å². The average Bonchev–Trinajstić information content (AvgIpc) is 2.08. The lowest BCUT2D eigenvalue weighted by Gasteiger charge is -2.26. The predicted octanol–water partition coefficient (Wildman–Crippen LogP) is 1.51. The third-order valence-corrected chi connectivity index (χ3v) is 2.45. The van der Waals surface area contributed by atoms with Crippen LogP contribution in [-0.2, 0) is 4.79 Å². The number of carbonyl (C=O) groups excluding carboxylic acids is 1. The van der Waals surface area contributed by atoms with E-state index in [1.165, 1.54) is 6.08 Å². The molecule has 0 rings (SSSR count). The highest BCUT2D eigenvalue weighted by Gasteiger charge is 2.30. The quantitative estimate of drug-likeness (QED) is 0.611. The van der Waals surface area contributed by atoms with Gasteiger partial charge >= 0.3 is 0 Å². The fourth-order valence-corrected chi connectivity index (χ4v) is 1.20. The number of rotatable bonds is 5. The molecule has 0 aromatic carbocycles. The Hall–Kier alpha value is -0.630. The van der Waals surface area contributed by atoms with Crippen LogP contribution >= 0.6 is 0 Å². The number of nitrogens with two attached hydrogens (primary N) is 1. The average molecular weight is 155 g/mol. The Morgan fingerprint density at radius 3 is 2.09 bits per heavy atom. The summed E-state index contributed by atoms with van der Waals surface area (Å²) in [5.74, 6) is 0.0741. The van der Waals surface area contributed by atoms with Crippen molar-refractivity contribution in [3.63, 3.8) is 0 Å². The monoisotopic (exact) mass is 155 g/mol. The molecule has 0 bridgehead atoms. The molecule has 0 aliphatic rings. The zero-order valence-electron chi connectivity index (χ0n) is 7.39. The molecule has 0 aliphatic carbocycles. The first-order valence-electron chi connectivity index (χ1n) is 4.03. The number of allylic oxidation sites excluding steroid dienone is 1. The first-order valence-corrected chi connectivity index (χ1v) is 4.03. The summed E-state index contributed by atoms with van der Waals surface area (Å²) in [6, 6.07) is 0. The van der Waals surface area contributed by atoms with Crippen LogP contribution in [0.5, 0.6) is 0 Å². The van der Waals surface area contributed by atoms with E-state index in [9.17, 15) is 4.79 Å². The van der Waals surface area contributed by atoms with E-state index in [1.807, 2.05) is 13.8 Å². The molecule has 0 amide bonds. The van der Waals surface area contributed by atoms with Gasteiger partial charge in [0.05, 0.1) is 0 Å². The Morgan fingerprint density at radius 1 is 1.55 bits per heavy atom. The molecule has 2 heteroatoms. The van der Waals surface area contributed by atoms with E-state index in [4.69, 9.17) is 5.73 Å². The van der Waals surface area contributed by atoms with E-state index < -0.39 is 0 Å². The van der Waals surface area contributed by atoms with Gasteiger partial charge in [-0.15, -0.1) is 0 Å². The fraction of sp³-hybridized carbons (Fsp3) is 0.667. The lowest BCUT2D eigenvalue weighted by atomic mass is 9.78. The van der Waals surface area contributed by atoms with Gasteiger partial charge < -0.3 is 5.73 Å². The van der Waals surface area contributed by atoms with Crippen molar-refractivity contribution in [2.75, 3.05) is 6.54 Å². The van der Waals surface area contributed by atoms with Crippen molar-refractivity contribution in [3.8, 4) is 0 Å². The molecule has 2 nitrogen and oxygen atoms in total. The van der Waals surface area contributed by atoms with Crippen molar-refractivity contribution in [1.82, 2.24) is 0 Å². The highest BCUT2D eigenvalue weighted by Crippen LogP contribution is 2.26. The van der Waals surface area contributed by atoms with Crippen LogP contribution in [0.15, 0.2) is 12.7 Å². The van der Waals surface area contributed by atoms with Crippen molar-refractivity contribution in [2.45, 2.75) is 26.7 Å². The molecule has 64 valence electrons. The van der Waals surface area contributed by atoms with Crippen molar-refractivity contribution in [1.29, 1.82) is 0 Å². The summed E-state index contributed by atoms with van der Waals surface area (Å²) in [6.07, 6.45) is 2.97. The highest BCUT2D eigenvalue weighted by atomic mass is 16.1. The zero-order valence-corrected chi connectivity index (χ0v) is 7.39. The van der Waals surface area contributed by atoms with Crippen molar-refractivity contribution >= 4 is 5.78 Å². The van der Waals surface area contributed by atoms with Crippen LogP contribution in [0.4, 0.5) is 0 Å². The number of carbonyl (C=O) groups is 1. The standard InChI is InChI=1S/C9H17NO/c1-4-8(11)9(5-2,6-3)7-10/h4H,1,5-7,10H2,2-3H3. The second-order valence-corrected chi connectivity index (χ2v) is 2.76. The van der Waals surface area contributed by atoms with Crippen LogP contribution in [0.1, 0.15) is 26.7 Å². The van der Waals surface area contributed by atoms with E-state index in [-0.39, 0.29) is 11.2 Å². The SMILES string of the molecule is C=CC(=O)C(CC)(CC)CN. The lowest BCUT2D eigenvalue weighted by molar-refractivity contribution is -0.123. The summed E-state index contributed by atoms with van der Waals surface area (Å²) >= 11 is 0. The molecule has 2 N–H and O–H groups in total. The summed E-state index contributed by atoms with van der Waals surface area (Å²) < 4.78 is 0. The molecule has 0 unspecified atom stereocenters. The van der Waals surface area contributed by atoms with Gasteiger partial charge in [0.25, 0.3) is 0 Å². The maximum atomic E-state index is 11.3. The zero-order chi connectivity index (χ0) is 8.91. The minimum Gasteiger partial charge on any atom is -0.329 e. The summed E-state index contributed by atoms with van der Waals surface area (Å²) in [7, 11) is 0. The number of hydrogen-bond donors (Lipinski definition) is 1. The van der Waals surface area contributed by atoms with E-state index in [1.54, 1.807) is 0 Å². The molecule has 0 spiro atoms. The number of hydrogen-bond acceptors (Lipinski definition) is 2. The molecular weight excluding hydrogens is 138 g/mol. The summed E-state index contributed by atoms with van der Waals surface area (Å²) in [6.45, 7) is 7.85. The maximum absolute atomic E-state index is 11.3. The van der Waals surface area contributed by atoms with Crippen LogP contribution in [0, 0.1) is 5.41 Å². The Bertz CT molecular complexity index is 139. The van der Waals surface area contributed by atoms with Gasteiger partial charge in [-0.2, -0.15) is 0 Å². The fourth-order valence-electron chi connectivity index (χ4n) is 1.20.